The number of benzene rings is 1. The second kappa shape index (κ2) is 5.06. The molecule has 0 saturated carbocycles. The molecule has 102 valence electrons. The van der Waals surface area contributed by atoms with Crippen LogP contribution in [-0.2, 0) is 5.41 Å². The number of hydrogen-bond acceptors (Lipinski definition) is 3. The lowest BCUT2D eigenvalue weighted by atomic mass is 9.83. The van der Waals surface area contributed by atoms with Gasteiger partial charge in [0.15, 0.2) is 11.6 Å². The van der Waals surface area contributed by atoms with Gasteiger partial charge in [-0.1, -0.05) is 55.2 Å². The van der Waals surface area contributed by atoms with Gasteiger partial charge >= 0.3 is 0 Å². The first-order valence-corrected chi connectivity index (χ1v) is 6.83. The third kappa shape index (κ3) is 2.58. The van der Waals surface area contributed by atoms with Crippen molar-refractivity contribution >= 4 is 29.0 Å². The highest BCUT2D eigenvalue weighted by Gasteiger charge is 2.29. The Hall–Kier alpha value is -1.19. The maximum Gasteiger partial charge on any atom is 0.175 e. The third-order valence-corrected chi connectivity index (χ3v) is 4.16. The van der Waals surface area contributed by atoms with Crippen LogP contribution >= 0.6 is 23.2 Å². The quantitative estimate of drug-likeness (QED) is 0.875. The molecule has 0 atom stereocenters. The number of nitrogens with two attached hydrogens (primary N) is 1. The highest BCUT2D eigenvalue weighted by Crippen LogP contribution is 2.40. The summed E-state index contributed by atoms with van der Waals surface area (Å²) >= 11 is 12.0. The molecule has 0 saturated heterocycles. The summed E-state index contributed by atoms with van der Waals surface area (Å²) in [6, 6.07) is 5.39. The monoisotopic (exact) mass is 298 g/mol. The van der Waals surface area contributed by atoms with Gasteiger partial charge in [0.1, 0.15) is 0 Å². The van der Waals surface area contributed by atoms with Crippen LogP contribution in [0.25, 0.3) is 11.1 Å². The Labute approximate surface area is 122 Å². The van der Waals surface area contributed by atoms with Gasteiger partial charge in [-0.3, -0.25) is 0 Å². The standard InChI is InChI=1S/C14H16Cl2N2O/c1-4-14(2,3)12-11(13(17)18-19-12)8-5-6-9(15)10(16)7-8/h5-7H,4H2,1-3H3,(H2,17,18). The predicted octanol–water partition coefficient (Wildman–Crippen LogP) is 4.92. The van der Waals surface area contributed by atoms with Crippen molar-refractivity contribution in [3.8, 4) is 11.1 Å². The van der Waals surface area contributed by atoms with Gasteiger partial charge in [0.25, 0.3) is 0 Å². The first-order chi connectivity index (χ1) is 8.86. The average molecular weight is 299 g/mol. The Kier molecular flexibility index (Phi) is 3.79. The number of hydrogen-bond donors (Lipinski definition) is 1. The number of aromatic nitrogens is 1. The van der Waals surface area contributed by atoms with E-state index < -0.39 is 0 Å². The Balaban J connectivity index is 2.62. The largest absolute Gasteiger partial charge is 0.380 e. The highest BCUT2D eigenvalue weighted by atomic mass is 35.5. The molecule has 0 aliphatic carbocycles. The van der Waals surface area contributed by atoms with E-state index >= 15 is 0 Å². The number of rotatable bonds is 3. The van der Waals surface area contributed by atoms with E-state index in [1.54, 1.807) is 12.1 Å². The molecule has 1 aromatic heterocycles. The van der Waals surface area contributed by atoms with E-state index in [0.717, 1.165) is 23.3 Å². The summed E-state index contributed by atoms with van der Waals surface area (Å²) in [7, 11) is 0. The third-order valence-electron chi connectivity index (χ3n) is 3.43. The highest BCUT2D eigenvalue weighted by molar-refractivity contribution is 6.42. The van der Waals surface area contributed by atoms with Crippen molar-refractivity contribution in [2.75, 3.05) is 5.73 Å². The Morgan fingerprint density at radius 1 is 1.26 bits per heavy atom. The lowest BCUT2D eigenvalue weighted by molar-refractivity contribution is 0.313. The van der Waals surface area contributed by atoms with Gasteiger partial charge in [0.05, 0.1) is 15.6 Å². The summed E-state index contributed by atoms with van der Waals surface area (Å²) in [6.07, 6.45) is 0.913. The van der Waals surface area contributed by atoms with Crippen LogP contribution in [0.2, 0.25) is 10.0 Å². The van der Waals surface area contributed by atoms with Crippen molar-refractivity contribution in [3.63, 3.8) is 0 Å². The molecule has 3 nitrogen and oxygen atoms in total. The zero-order valence-corrected chi connectivity index (χ0v) is 12.6. The Morgan fingerprint density at radius 2 is 1.95 bits per heavy atom. The van der Waals surface area contributed by atoms with Crippen molar-refractivity contribution in [1.82, 2.24) is 5.16 Å². The van der Waals surface area contributed by atoms with E-state index in [0.29, 0.717) is 15.9 Å². The van der Waals surface area contributed by atoms with Crippen LogP contribution in [0, 0.1) is 0 Å². The van der Waals surface area contributed by atoms with Crippen LogP contribution in [0.4, 0.5) is 5.82 Å². The minimum atomic E-state index is -0.147. The average Bonchev–Trinajstić information content (AvgIpc) is 2.75. The molecule has 0 aliphatic heterocycles. The SMILES string of the molecule is CCC(C)(C)c1onc(N)c1-c1ccc(Cl)c(Cl)c1. The first-order valence-electron chi connectivity index (χ1n) is 6.08. The van der Waals surface area contributed by atoms with Crippen LogP contribution in [0.5, 0.6) is 0 Å². The fraction of sp³-hybridized carbons (Fsp3) is 0.357. The van der Waals surface area contributed by atoms with Crippen LogP contribution in [-0.4, -0.2) is 5.16 Å². The summed E-state index contributed by atoms with van der Waals surface area (Å²) in [6.45, 7) is 6.28. The molecule has 0 bridgehead atoms. The van der Waals surface area contributed by atoms with Crippen LogP contribution in [0.1, 0.15) is 33.0 Å². The zero-order valence-electron chi connectivity index (χ0n) is 11.1. The van der Waals surface area contributed by atoms with Crippen molar-refractivity contribution in [2.45, 2.75) is 32.6 Å². The number of nitrogen functional groups attached to an aromatic ring is 1. The molecule has 19 heavy (non-hydrogen) atoms. The molecule has 2 N–H and O–H groups in total. The van der Waals surface area contributed by atoms with E-state index in [4.69, 9.17) is 33.5 Å². The van der Waals surface area contributed by atoms with E-state index in [9.17, 15) is 0 Å². The predicted molar refractivity (Wildman–Crippen MR) is 79.7 cm³/mol. The molecule has 2 rings (SSSR count). The van der Waals surface area contributed by atoms with Crippen LogP contribution < -0.4 is 5.73 Å². The molecule has 5 heteroatoms. The topological polar surface area (TPSA) is 52.0 Å². The van der Waals surface area contributed by atoms with Gasteiger partial charge in [0.2, 0.25) is 0 Å². The molecule has 0 radical (unpaired) electrons. The van der Waals surface area contributed by atoms with Crippen molar-refractivity contribution in [1.29, 1.82) is 0 Å². The number of halogens is 2. The molecule has 0 aliphatic rings. The van der Waals surface area contributed by atoms with Gasteiger partial charge < -0.3 is 10.3 Å². The summed E-state index contributed by atoms with van der Waals surface area (Å²) in [5.74, 6) is 1.14. The van der Waals surface area contributed by atoms with Crippen LogP contribution in [0.3, 0.4) is 0 Å². The maximum absolute atomic E-state index is 6.06. The summed E-state index contributed by atoms with van der Waals surface area (Å²) < 4.78 is 5.42. The fourth-order valence-corrected chi connectivity index (χ4v) is 2.15. The molecule has 0 unspecified atom stereocenters. The van der Waals surface area contributed by atoms with Gasteiger partial charge in [-0.05, 0) is 24.1 Å². The van der Waals surface area contributed by atoms with Crippen molar-refractivity contribution in [3.05, 3.63) is 34.0 Å². The summed E-state index contributed by atoms with van der Waals surface area (Å²) in [5.41, 5.74) is 7.45. The van der Waals surface area contributed by atoms with Gasteiger partial charge in [-0.2, -0.15) is 0 Å². The van der Waals surface area contributed by atoms with Crippen molar-refractivity contribution in [2.24, 2.45) is 0 Å². The van der Waals surface area contributed by atoms with E-state index in [-0.39, 0.29) is 5.41 Å². The molecule has 0 spiro atoms. The van der Waals surface area contributed by atoms with E-state index in [2.05, 4.69) is 25.9 Å². The van der Waals surface area contributed by atoms with E-state index in [1.165, 1.54) is 0 Å². The molecule has 1 heterocycles. The Bertz CT molecular complexity index is 605. The van der Waals surface area contributed by atoms with E-state index in [1.807, 2.05) is 6.07 Å². The molecular weight excluding hydrogens is 283 g/mol. The smallest absolute Gasteiger partial charge is 0.175 e. The first kappa shape index (κ1) is 14.2. The van der Waals surface area contributed by atoms with Crippen LogP contribution in [0.15, 0.2) is 22.7 Å². The summed E-state index contributed by atoms with van der Waals surface area (Å²) in [4.78, 5) is 0. The molecule has 0 amide bonds. The maximum atomic E-state index is 6.06. The summed E-state index contributed by atoms with van der Waals surface area (Å²) in [5, 5.41) is 4.88. The Morgan fingerprint density at radius 3 is 2.53 bits per heavy atom. The molecule has 1 aromatic carbocycles. The lowest BCUT2D eigenvalue weighted by Gasteiger charge is -2.20. The van der Waals surface area contributed by atoms with Gasteiger partial charge in [0, 0.05) is 5.41 Å². The minimum Gasteiger partial charge on any atom is -0.380 e. The lowest BCUT2D eigenvalue weighted by Crippen LogP contribution is -2.15. The molecule has 2 aromatic rings. The minimum absolute atomic E-state index is 0.147. The second-order valence-electron chi connectivity index (χ2n) is 5.14. The number of anilines is 1. The normalized spacial score (nSPS) is 11.8. The fourth-order valence-electron chi connectivity index (χ4n) is 1.86. The zero-order chi connectivity index (χ0) is 14.2. The second-order valence-corrected chi connectivity index (χ2v) is 5.95. The number of nitrogens with zero attached hydrogens (tertiary/aromatic N) is 1. The van der Waals surface area contributed by atoms with Gasteiger partial charge in [-0.25, -0.2) is 0 Å². The molecule has 0 fully saturated rings. The van der Waals surface area contributed by atoms with Gasteiger partial charge in [-0.15, -0.1) is 0 Å². The van der Waals surface area contributed by atoms with Crippen molar-refractivity contribution < 1.29 is 4.52 Å². The molecular formula is C14H16Cl2N2O.